The number of anilines is 2. The zero-order valence-electron chi connectivity index (χ0n) is 17.6. The van der Waals surface area contributed by atoms with E-state index < -0.39 is 16.1 Å². The summed E-state index contributed by atoms with van der Waals surface area (Å²) in [5.41, 5.74) is 0.468. The SMILES string of the molecule is CC[C@H](C)[C@H](N=C1NS(=O)(=O)c2ccccc21)C(=O)Nc1nc(N2CCCCC2)n[nH]1. The fraction of sp³-hybridized carbons (Fsp3) is 0.500. The molecule has 1 aromatic heterocycles. The minimum absolute atomic E-state index is 0.116. The number of carbonyl (C=O) groups is 1. The number of aromatic nitrogens is 3. The van der Waals surface area contributed by atoms with Crippen molar-refractivity contribution in [2.24, 2.45) is 10.9 Å². The summed E-state index contributed by atoms with van der Waals surface area (Å²) in [4.78, 5) is 24.2. The molecule has 0 bridgehead atoms. The largest absolute Gasteiger partial charge is 0.340 e. The highest BCUT2D eigenvalue weighted by Gasteiger charge is 2.33. The van der Waals surface area contributed by atoms with E-state index in [9.17, 15) is 13.2 Å². The molecule has 0 unspecified atom stereocenters. The zero-order chi connectivity index (χ0) is 22.0. The number of fused-ring (bicyclic) bond motifs is 1. The molecule has 0 radical (unpaired) electrons. The molecule has 10 nitrogen and oxygen atoms in total. The van der Waals surface area contributed by atoms with E-state index in [4.69, 9.17) is 0 Å². The van der Waals surface area contributed by atoms with Gasteiger partial charge >= 0.3 is 0 Å². The lowest BCUT2D eigenvalue weighted by Crippen LogP contribution is -2.35. The molecule has 166 valence electrons. The van der Waals surface area contributed by atoms with Gasteiger partial charge in [-0.2, -0.15) is 4.98 Å². The first-order valence-electron chi connectivity index (χ1n) is 10.6. The molecule has 11 heteroatoms. The molecule has 1 fully saturated rings. The minimum Gasteiger partial charge on any atom is -0.340 e. The van der Waals surface area contributed by atoms with Gasteiger partial charge in [-0.05, 0) is 37.3 Å². The molecule has 3 N–H and O–H groups in total. The summed E-state index contributed by atoms with van der Waals surface area (Å²) in [6.45, 7) is 5.66. The van der Waals surface area contributed by atoms with E-state index in [1.165, 1.54) is 12.5 Å². The summed E-state index contributed by atoms with van der Waals surface area (Å²) < 4.78 is 27.2. The lowest BCUT2D eigenvalue weighted by atomic mass is 9.99. The summed E-state index contributed by atoms with van der Waals surface area (Å²) >= 11 is 0. The second-order valence-corrected chi connectivity index (χ2v) is 9.58. The van der Waals surface area contributed by atoms with Crippen molar-refractivity contribution in [2.45, 2.75) is 50.5 Å². The fourth-order valence-corrected chi connectivity index (χ4v) is 5.01. The Bertz CT molecular complexity index is 1090. The number of rotatable bonds is 6. The number of amidine groups is 1. The lowest BCUT2D eigenvalue weighted by Gasteiger charge is -2.24. The van der Waals surface area contributed by atoms with Crippen LogP contribution >= 0.6 is 0 Å². The van der Waals surface area contributed by atoms with E-state index in [2.05, 4.69) is 35.1 Å². The van der Waals surface area contributed by atoms with E-state index in [0.29, 0.717) is 17.9 Å². The molecule has 1 aromatic carbocycles. The number of amides is 1. The van der Waals surface area contributed by atoms with Gasteiger partial charge in [0, 0.05) is 18.7 Å². The van der Waals surface area contributed by atoms with E-state index in [0.717, 1.165) is 25.9 Å². The Balaban J connectivity index is 1.56. The highest BCUT2D eigenvalue weighted by molar-refractivity contribution is 7.90. The smallest absolute Gasteiger partial charge is 0.263 e. The molecule has 2 aliphatic rings. The number of hydrogen-bond acceptors (Lipinski definition) is 7. The number of nitrogens with one attached hydrogen (secondary N) is 3. The van der Waals surface area contributed by atoms with Crippen LogP contribution in [-0.4, -0.2) is 54.5 Å². The number of aromatic amines is 1. The zero-order valence-corrected chi connectivity index (χ0v) is 18.4. The Morgan fingerprint density at radius 2 is 2.00 bits per heavy atom. The van der Waals surface area contributed by atoms with Crippen LogP contribution < -0.4 is 14.9 Å². The van der Waals surface area contributed by atoms with Gasteiger partial charge in [-0.15, -0.1) is 5.10 Å². The van der Waals surface area contributed by atoms with E-state index in [1.807, 2.05) is 13.8 Å². The van der Waals surface area contributed by atoms with Gasteiger partial charge in [0.2, 0.25) is 11.9 Å². The quantitative estimate of drug-likeness (QED) is 0.622. The maximum Gasteiger partial charge on any atom is 0.263 e. The Hall–Kier alpha value is -2.95. The normalized spacial score (nSPS) is 20.7. The number of nitrogens with zero attached hydrogens (tertiary/aromatic N) is 4. The first-order chi connectivity index (χ1) is 14.9. The molecule has 1 saturated heterocycles. The van der Waals surface area contributed by atoms with Crippen molar-refractivity contribution >= 4 is 33.7 Å². The van der Waals surface area contributed by atoms with Gasteiger partial charge in [0.05, 0.1) is 4.90 Å². The third-order valence-corrected chi connectivity index (χ3v) is 7.13. The van der Waals surface area contributed by atoms with Gasteiger partial charge < -0.3 is 4.90 Å². The van der Waals surface area contributed by atoms with Crippen LogP contribution in [0.25, 0.3) is 0 Å². The minimum atomic E-state index is -3.67. The fourth-order valence-electron chi connectivity index (χ4n) is 3.77. The molecule has 0 saturated carbocycles. The molecule has 2 atom stereocenters. The summed E-state index contributed by atoms with van der Waals surface area (Å²) in [5, 5.41) is 9.75. The van der Waals surface area contributed by atoms with E-state index in [1.54, 1.807) is 18.2 Å². The van der Waals surface area contributed by atoms with Crippen LogP contribution in [-0.2, 0) is 14.8 Å². The molecule has 3 heterocycles. The van der Waals surface area contributed by atoms with Crippen LogP contribution in [0.15, 0.2) is 34.2 Å². The van der Waals surface area contributed by atoms with Gasteiger partial charge in [0.25, 0.3) is 15.9 Å². The molecular formula is C20H27N7O3S. The van der Waals surface area contributed by atoms with Crippen molar-refractivity contribution in [3.8, 4) is 0 Å². The van der Waals surface area contributed by atoms with E-state index >= 15 is 0 Å². The Labute approximate surface area is 181 Å². The Morgan fingerprint density at radius 1 is 1.26 bits per heavy atom. The standard InChI is InChI=1S/C20H27N7O3S/c1-3-13(2)16(21-17-14-9-5-6-10-15(14)31(29,30)26-17)18(28)22-19-23-20(25-24-19)27-11-7-4-8-12-27/h5-6,9-10,13,16H,3-4,7-8,11-12H2,1-2H3,(H,21,26)(H2,22,23,24,25,28)/t13-,16-/m0/s1. The lowest BCUT2D eigenvalue weighted by molar-refractivity contribution is -0.118. The molecule has 1 amide bonds. The van der Waals surface area contributed by atoms with Crippen LogP contribution in [0.5, 0.6) is 0 Å². The summed E-state index contributed by atoms with van der Waals surface area (Å²) in [6.07, 6.45) is 4.09. The van der Waals surface area contributed by atoms with Crippen molar-refractivity contribution < 1.29 is 13.2 Å². The third kappa shape index (κ3) is 4.41. The number of aliphatic imine (C=N–C) groups is 1. The first kappa shape index (κ1) is 21.3. The first-order valence-corrected chi connectivity index (χ1v) is 12.1. The maximum absolute atomic E-state index is 13.1. The monoisotopic (exact) mass is 445 g/mol. The van der Waals surface area contributed by atoms with Crippen LogP contribution in [0.2, 0.25) is 0 Å². The second kappa shape index (κ2) is 8.66. The summed E-state index contributed by atoms with van der Waals surface area (Å²) in [5.74, 6) is 0.522. The van der Waals surface area contributed by atoms with Gasteiger partial charge in [-0.1, -0.05) is 32.4 Å². The Morgan fingerprint density at radius 3 is 2.74 bits per heavy atom. The highest BCUT2D eigenvalue weighted by atomic mass is 32.2. The predicted octanol–water partition coefficient (Wildman–Crippen LogP) is 1.89. The number of H-pyrrole nitrogens is 1. The molecule has 0 aliphatic carbocycles. The molecule has 2 aromatic rings. The number of piperidine rings is 1. The van der Waals surface area contributed by atoms with Gasteiger partial charge in [-0.25, -0.2) is 13.5 Å². The van der Waals surface area contributed by atoms with Crippen molar-refractivity contribution in [3.05, 3.63) is 29.8 Å². The number of hydrogen-bond donors (Lipinski definition) is 3. The Kier molecular flexibility index (Phi) is 5.94. The molecule has 4 rings (SSSR count). The van der Waals surface area contributed by atoms with Gasteiger partial charge in [0.1, 0.15) is 11.9 Å². The summed E-state index contributed by atoms with van der Waals surface area (Å²) in [6, 6.07) is 5.81. The van der Waals surface area contributed by atoms with E-state index in [-0.39, 0.29) is 28.5 Å². The van der Waals surface area contributed by atoms with Gasteiger partial charge in [0.15, 0.2) is 0 Å². The average molecular weight is 446 g/mol. The topological polar surface area (TPSA) is 132 Å². The third-order valence-electron chi connectivity index (χ3n) is 5.74. The van der Waals surface area contributed by atoms with Crippen molar-refractivity contribution in [1.29, 1.82) is 0 Å². The van der Waals surface area contributed by atoms with Crippen molar-refractivity contribution in [1.82, 2.24) is 19.9 Å². The van der Waals surface area contributed by atoms with Crippen molar-refractivity contribution in [2.75, 3.05) is 23.3 Å². The van der Waals surface area contributed by atoms with Crippen molar-refractivity contribution in [3.63, 3.8) is 0 Å². The second-order valence-electron chi connectivity index (χ2n) is 7.93. The molecule has 31 heavy (non-hydrogen) atoms. The predicted molar refractivity (Wildman–Crippen MR) is 118 cm³/mol. The molecular weight excluding hydrogens is 418 g/mol. The average Bonchev–Trinajstić information content (AvgIpc) is 3.34. The van der Waals surface area contributed by atoms with Gasteiger partial charge in [-0.3, -0.25) is 19.8 Å². The number of sulfonamides is 1. The highest BCUT2D eigenvalue weighted by Crippen LogP contribution is 2.24. The van der Waals surface area contributed by atoms with Crippen LogP contribution in [0, 0.1) is 5.92 Å². The van der Waals surface area contributed by atoms with Crippen LogP contribution in [0.4, 0.5) is 11.9 Å². The maximum atomic E-state index is 13.1. The van der Waals surface area contributed by atoms with Crippen LogP contribution in [0.1, 0.15) is 45.1 Å². The summed E-state index contributed by atoms with van der Waals surface area (Å²) in [7, 11) is -3.67. The molecule has 2 aliphatic heterocycles. The van der Waals surface area contributed by atoms with Crippen LogP contribution in [0.3, 0.4) is 0 Å². The number of benzene rings is 1. The molecule has 0 spiro atoms. The number of carbonyl (C=O) groups excluding carboxylic acids is 1.